The zero-order valence-corrected chi connectivity index (χ0v) is 13.0. The molecule has 3 heteroatoms. The summed E-state index contributed by atoms with van der Waals surface area (Å²) in [7, 11) is 2.06. The van der Waals surface area contributed by atoms with Gasteiger partial charge in [-0.3, -0.25) is 4.90 Å². The molecular weight excluding hydrogens is 282 g/mol. The van der Waals surface area contributed by atoms with E-state index in [1.807, 2.05) is 24.3 Å². The maximum atomic E-state index is 10.2. The SMILES string of the molecule is CN(Cc1cccc(Cl)c1)Cc1cc2c(cc1O)CCC2. The fourth-order valence-electron chi connectivity index (χ4n) is 3.08. The second-order valence-electron chi connectivity index (χ2n) is 5.91. The van der Waals surface area contributed by atoms with Gasteiger partial charge in [-0.05, 0) is 61.2 Å². The van der Waals surface area contributed by atoms with Crippen LogP contribution in [0.1, 0.15) is 28.7 Å². The van der Waals surface area contributed by atoms with Crippen molar-refractivity contribution >= 4 is 11.6 Å². The number of rotatable bonds is 4. The molecule has 0 bridgehead atoms. The molecule has 0 aromatic heterocycles. The first-order chi connectivity index (χ1) is 10.1. The van der Waals surface area contributed by atoms with Gasteiger partial charge in [-0.1, -0.05) is 29.8 Å². The maximum absolute atomic E-state index is 10.2. The first-order valence-corrected chi connectivity index (χ1v) is 7.76. The predicted octanol–water partition coefficient (Wildman–Crippen LogP) is 4.17. The van der Waals surface area contributed by atoms with Gasteiger partial charge in [0.1, 0.15) is 5.75 Å². The van der Waals surface area contributed by atoms with Gasteiger partial charge in [0.05, 0.1) is 0 Å². The molecule has 21 heavy (non-hydrogen) atoms. The van der Waals surface area contributed by atoms with Gasteiger partial charge >= 0.3 is 0 Å². The van der Waals surface area contributed by atoms with Crippen LogP contribution < -0.4 is 0 Å². The molecule has 0 radical (unpaired) electrons. The van der Waals surface area contributed by atoms with Crippen LogP contribution in [0.25, 0.3) is 0 Å². The number of aryl methyl sites for hydroxylation is 2. The van der Waals surface area contributed by atoms with Crippen molar-refractivity contribution in [2.45, 2.75) is 32.4 Å². The van der Waals surface area contributed by atoms with E-state index in [1.54, 1.807) is 0 Å². The van der Waals surface area contributed by atoms with Gasteiger partial charge in [-0.25, -0.2) is 0 Å². The lowest BCUT2D eigenvalue weighted by Crippen LogP contribution is -2.17. The van der Waals surface area contributed by atoms with Gasteiger partial charge in [0.2, 0.25) is 0 Å². The van der Waals surface area contributed by atoms with E-state index in [-0.39, 0.29) is 0 Å². The summed E-state index contributed by atoms with van der Waals surface area (Å²) in [6.45, 7) is 1.56. The minimum Gasteiger partial charge on any atom is -0.508 e. The second kappa shape index (κ2) is 6.08. The molecule has 0 spiro atoms. The molecular formula is C18H20ClNO. The number of halogens is 1. The first-order valence-electron chi connectivity index (χ1n) is 7.38. The number of fused-ring (bicyclic) bond motifs is 1. The quantitative estimate of drug-likeness (QED) is 0.916. The van der Waals surface area contributed by atoms with E-state index < -0.39 is 0 Å². The number of hydrogen-bond acceptors (Lipinski definition) is 2. The van der Waals surface area contributed by atoms with Crippen molar-refractivity contribution in [3.05, 3.63) is 63.7 Å². The van der Waals surface area contributed by atoms with Crippen LogP contribution in [-0.2, 0) is 25.9 Å². The Morgan fingerprint density at radius 3 is 2.62 bits per heavy atom. The smallest absolute Gasteiger partial charge is 0.120 e. The predicted molar refractivity (Wildman–Crippen MR) is 86.8 cm³/mol. The topological polar surface area (TPSA) is 23.5 Å². The van der Waals surface area contributed by atoms with Crippen LogP contribution in [0.5, 0.6) is 5.75 Å². The summed E-state index contributed by atoms with van der Waals surface area (Å²) >= 11 is 6.02. The van der Waals surface area contributed by atoms with Crippen molar-refractivity contribution in [1.29, 1.82) is 0 Å². The van der Waals surface area contributed by atoms with Gasteiger partial charge < -0.3 is 5.11 Å². The third-order valence-corrected chi connectivity index (χ3v) is 4.31. The molecule has 0 saturated carbocycles. The van der Waals surface area contributed by atoms with Crippen molar-refractivity contribution in [2.75, 3.05) is 7.05 Å². The molecule has 0 atom stereocenters. The average Bonchev–Trinajstić information content (AvgIpc) is 2.86. The normalized spacial score (nSPS) is 13.7. The van der Waals surface area contributed by atoms with Gasteiger partial charge in [0.15, 0.2) is 0 Å². The van der Waals surface area contributed by atoms with Crippen LogP contribution in [-0.4, -0.2) is 17.1 Å². The lowest BCUT2D eigenvalue weighted by atomic mass is 10.0. The lowest BCUT2D eigenvalue weighted by Gasteiger charge is -2.18. The van der Waals surface area contributed by atoms with Crippen molar-refractivity contribution in [3.63, 3.8) is 0 Å². The molecule has 110 valence electrons. The monoisotopic (exact) mass is 301 g/mol. The summed E-state index contributed by atoms with van der Waals surface area (Å²) in [5.74, 6) is 0.425. The Bertz CT molecular complexity index is 654. The molecule has 0 fully saturated rings. The zero-order valence-electron chi connectivity index (χ0n) is 12.3. The number of nitrogens with zero attached hydrogens (tertiary/aromatic N) is 1. The Kier molecular flexibility index (Phi) is 4.18. The molecule has 2 aromatic carbocycles. The van der Waals surface area contributed by atoms with Crippen molar-refractivity contribution in [2.24, 2.45) is 0 Å². The molecule has 0 amide bonds. The van der Waals surface area contributed by atoms with Crippen LogP contribution in [0.4, 0.5) is 0 Å². The third-order valence-electron chi connectivity index (χ3n) is 4.07. The van der Waals surface area contributed by atoms with Crippen LogP contribution in [0.3, 0.4) is 0 Å². The van der Waals surface area contributed by atoms with Crippen molar-refractivity contribution in [1.82, 2.24) is 4.90 Å². The first kappa shape index (κ1) is 14.4. The molecule has 3 rings (SSSR count). The Balaban J connectivity index is 1.71. The van der Waals surface area contributed by atoms with Crippen molar-refractivity contribution in [3.8, 4) is 5.75 Å². The largest absolute Gasteiger partial charge is 0.508 e. The molecule has 1 aliphatic rings. The van der Waals surface area contributed by atoms with E-state index in [0.717, 1.165) is 36.5 Å². The highest BCUT2D eigenvalue weighted by molar-refractivity contribution is 6.30. The standard InChI is InChI=1S/C18H20ClNO/c1-20(11-13-4-2-7-17(19)8-13)12-16-9-14-5-3-6-15(14)10-18(16)21/h2,4,7-10,21H,3,5-6,11-12H2,1H3. The maximum Gasteiger partial charge on any atom is 0.120 e. The summed E-state index contributed by atoms with van der Waals surface area (Å²) in [5.41, 5.74) is 4.92. The zero-order chi connectivity index (χ0) is 14.8. The molecule has 0 aliphatic heterocycles. The Morgan fingerprint density at radius 1 is 1.10 bits per heavy atom. The Labute approximate surface area is 131 Å². The fourth-order valence-corrected chi connectivity index (χ4v) is 3.30. The number of phenolic OH excluding ortho intramolecular Hbond substituents is 1. The highest BCUT2D eigenvalue weighted by atomic mass is 35.5. The van der Waals surface area contributed by atoms with E-state index in [1.165, 1.54) is 23.1 Å². The van der Waals surface area contributed by atoms with E-state index in [2.05, 4.69) is 24.1 Å². The van der Waals surface area contributed by atoms with E-state index >= 15 is 0 Å². The van der Waals surface area contributed by atoms with Crippen LogP contribution in [0, 0.1) is 0 Å². The molecule has 0 saturated heterocycles. The third kappa shape index (κ3) is 3.39. The highest BCUT2D eigenvalue weighted by Crippen LogP contribution is 2.30. The molecule has 0 heterocycles. The van der Waals surface area contributed by atoms with Crippen LogP contribution in [0.2, 0.25) is 5.02 Å². The van der Waals surface area contributed by atoms with E-state index in [4.69, 9.17) is 11.6 Å². The van der Waals surface area contributed by atoms with Gasteiger partial charge in [-0.15, -0.1) is 0 Å². The number of hydrogen-bond donors (Lipinski definition) is 1. The summed E-state index contributed by atoms with van der Waals surface area (Å²) in [4.78, 5) is 2.20. The highest BCUT2D eigenvalue weighted by Gasteiger charge is 2.15. The summed E-state index contributed by atoms with van der Waals surface area (Å²) < 4.78 is 0. The number of phenols is 1. The second-order valence-corrected chi connectivity index (χ2v) is 6.34. The van der Waals surface area contributed by atoms with Crippen molar-refractivity contribution < 1.29 is 5.11 Å². The summed E-state index contributed by atoms with van der Waals surface area (Å²) in [6, 6.07) is 12.0. The minimum atomic E-state index is 0.425. The summed E-state index contributed by atoms with van der Waals surface area (Å²) in [5, 5.41) is 11.0. The molecule has 0 unspecified atom stereocenters. The van der Waals surface area contributed by atoms with Gasteiger partial charge in [-0.2, -0.15) is 0 Å². The van der Waals surface area contributed by atoms with Crippen LogP contribution >= 0.6 is 11.6 Å². The average molecular weight is 302 g/mol. The molecule has 1 N–H and O–H groups in total. The minimum absolute atomic E-state index is 0.425. The van der Waals surface area contributed by atoms with E-state index in [9.17, 15) is 5.11 Å². The molecule has 2 aromatic rings. The molecule has 2 nitrogen and oxygen atoms in total. The Morgan fingerprint density at radius 2 is 1.86 bits per heavy atom. The number of aromatic hydroxyl groups is 1. The number of benzene rings is 2. The van der Waals surface area contributed by atoms with E-state index in [0.29, 0.717) is 5.75 Å². The van der Waals surface area contributed by atoms with Crippen LogP contribution in [0.15, 0.2) is 36.4 Å². The van der Waals surface area contributed by atoms with Gasteiger partial charge in [0.25, 0.3) is 0 Å². The Hall–Kier alpha value is -1.51. The fraction of sp³-hybridized carbons (Fsp3) is 0.333. The van der Waals surface area contributed by atoms with Gasteiger partial charge in [0, 0.05) is 23.7 Å². The summed E-state index contributed by atoms with van der Waals surface area (Å²) in [6.07, 6.45) is 3.44. The molecule has 1 aliphatic carbocycles. The lowest BCUT2D eigenvalue weighted by molar-refractivity contribution is 0.312.